The summed E-state index contributed by atoms with van der Waals surface area (Å²) < 4.78 is 7.15. The molecule has 0 saturated carbocycles. The Bertz CT molecular complexity index is 1090. The Balaban J connectivity index is 1.40. The van der Waals surface area contributed by atoms with Crippen molar-refractivity contribution in [1.29, 1.82) is 0 Å². The van der Waals surface area contributed by atoms with Crippen LogP contribution in [0.4, 0.5) is 0 Å². The van der Waals surface area contributed by atoms with E-state index in [2.05, 4.69) is 10.5 Å². The number of carbonyl (C=O) groups is 2. The number of aryl methyl sites for hydroxylation is 2. The van der Waals surface area contributed by atoms with Crippen LogP contribution in [0.5, 0.6) is 0 Å². The third-order valence-corrected chi connectivity index (χ3v) is 5.54. The Hall–Kier alpha value is -3.39. The number of nitrogens with zero attached hydrogens (tertiary/aromatic N) is 3. The number of hydrogen-bond donors (Lipinski definition) is 2. The fourth-order valence-corrected chi connectivity index (χ4v) is 4.00. The molecule has 0 spiro atoms. The molecular formula is C23H26N4O4. The van der Waals surface area contributed by atoms with Crippen molar-refractivity contribution < 1.29 is 19.2 Å². The largest absolute Gasteiger partial charge is 0.391 e. The predicted octanol–water partition coefficient (Wildman–Crippen LogP) is 1.81. The van der Waals surface area contributed by atoms with E-state index in [-0.39, 0.29) is 31.2 Å². The van der Waals surface area contributed by atoms with Crippen molar-refractivity contribution in [2.75, 3.05) is 6.54 Å². The van der Waals surface area contributed by atoms with Crippen molar-refractivity contribution in [2.24, 2.45) is 7.05 Å². The predicted molar refractivity (Wildman–Crippen MR) is 114 cm³/mol. The highest BCUT2D eigenvalue weighted by atomic mass is 16.5. The van der Waals surface area contributed by atoms with Gasteiger partial charge in [-0.15, -0.1) is 0 Å². The van der Waals surface area contributed by atoms with Crippen molar-refractivity contribution >= 4 is 11.8 Å². The first-order chi connectivity index (χ1) is 14.9. The van der Waals surface area contributed by atoms with Gasteiger partial charge >= 0.3 is 0 Å². The average Bonchev–Trinajstić information content (AvgIpc) is 3.46. The molecule has 8 heteroatoms. The van der Waals surface area contributed by atoms with Gasteiger partial charge in [-0.1, -0.05) is 23.4 Å². The molecule has 2 N–H and O–H groups in total. The molecule has 0 aliphatic carbocycles. The van der Waals surface area contributed by atoms with E-state index in [9.17, 15) is 14.7 Å². The van der Waals surface area contributed by atoms with Gasteiger partial charge in [-0.05, 0) is 36.2 Å². The minimum absolute atomic E-state index is 0.00997. The van der Waals surface area contributed by atoms with Crippen LogP contribution in [-0.2, 0) is 29.6 Å². The highest BCUT2D eigenvalue weighted by Crippen LogP contribution is 2.22. The third kappa shape index (κ3) is 4.69. The van der Waals surface area contributed by atoms with E-state index in [4.69, 9.17) is 4.52 Å². The Morgan fingerprint density at radius 1 is 1.26 bits per heavy atom. The van der Waals surface area contributed by atoms with E-state index in [0.717, 1.165) is 16.8 Å². The van der Waals surface area contributed by atoms with Crippen LogP contribution in [0.15, 0.2) is 53.2 Å². The lowest BCUT2D eigenvalue weighted by Crippen LogP contribution is -2.46. The van der Waals surface area contributed by atoms with Crippen LogP contribution in [0.2, 0.25) is 0 Å². The lowest BCUT2D eigenvalue weighted by atomic mass is 10.1. The van der Waals surface area contributed by atoms with Gasteiger partial charge in [0.15, 0.2) is 0 Å². The molecule has 1 aromatic carbocycles. The van der Waals surface area contributed by atoms with Gasteiger partial charge in [-0.25, -0.2) is 0 Å². The molecular weight excluding hydrogens is 396 g/mol. The smallest absolute Gasteiger partial charge is 0.243 e. The molecule has 0 bridgehead atoms. The molecule has 2 aromatic heterocycles. The lowest BCUT2D eigenvalue weighted by molar-refractivity contribution is -0.138. The number of aliphatic hydroxyl groups excluding tert-OH is 1. The molecule has 31 heavy (non-hydrogen) atoms. The van der Waals surface area contributed by atoms with E-state index in [1.165, 1.54) is 4.90 Å². The zero-order valence-corrected chi connectivity index (χ0v) is 17.6. The standard InChI is InChI=1S/C23H26N4O4/c1-15-9-19(31-25-15)12-22(29)27-14-18(28)11-21(27)23(30)24-13-16-5-3-6-17(10-16)20-7-4-8-26(20)2/h3-10,18,21,28H,11-14H2,1-2H3,(H,24,30). The van der Waals surface area contributed by atoms with Crippen LogP contribution in [-0.4, -0.2) is 50.2 Å². The van der Waals surface area contributed by atoms with Gasteiger partial charge in [0.25, 0.3) is 0 Å². The summed E-state index contributed by atoms with van der Waals surface area (Å²) in [4.78, 5) is 27.0. The van der Waals surface area contributed by atoms with Crippen LogP contribution in [0.1, 0.15) is 23.4 Å². The maximum Gasteiger partial charge on any atom is 0.243 e. The van der Waals surface area contributed by atoms with Gasteiger partial charge in [0.05, 0.1) is 18.2 Å². The quantitative estimate of drug-likeness (QED) is 0.631. The van der Waals surface area contributed by atoms with Crippen LogP contribution in [0.25, 0.3) is 11.3 Å². The monoisotopic (exact) mass is 422 g/mol. The molecule has 1 fully saturated rings. The molecule has 2 amide bonds. The first-order valence-electron chi connectivity index (χ1n) is 10.3. The van der Waals surface area contributed by atoms with E-state index >= 15 is 0 Å². The summed E-state index contributed by atoms with van der Waals surface area (Å²) >= 11 is 0. The first-order valence-corrected chi connectivity index (χ1v) is 10.3. The Morgan fingerprint density at radius 3 is 2.81 bits per heavy atom. The van der Waals surface area contributed by atoms with Crippen molar-refractivity contribution in [3.8, 4) is 11.3 Å². The summed E-state index contributed by atoms with van der Waals surface area (Å²) in [5.74, 6) is -0.0954. The highest BCUT2D eigenvalue weighted by Gasteiger charge is 2.38. The number of aromatic nitrogens is 2. The second-order valence-corrected chi connectivity index (χ2v) is 7.99. The molecule has 3 aromatic rings. The van der Waals surface area contributed by atoms with Crippen molar-refractivity contribution in [2.45, 2.75) is 38.5 Å². The van der Waals surface area contributed by atoms with Gasteiger partial charge in [-0.3, -0.25) is 9.59 Å². The minimum Gasteiger partial charge on any atom is -0.391 e. The topological polar surface area (TPSA) is 101 Å². The summed E-state index contributed by atoms with van der Waals surface area (Å²) in [6.07, 6.45) is 1.49. The maximum absolute atomic E-state index is 12.8. The van der Waals surface area contributed by atoms with Gasteiger partial charge in [0, 0.05) is 44.5 Å². The van der Waals surface area contributed by atoms with Crippen molar-refractivity contribution in [3.63, 3.8) is 0 Å². The van der Waals surface area contributed by atoms with Crippen LogP contribution < -0.4 is 5.32 Å². The number of carbonyl (C=O) groups excluding carboxylic acids is 2. The molecule has 2 unspecified atom stereocenters. The second kappa shape index (κ2) is 8.77. The molecule has 3 heterocycles. The Kier molecular flexibility index (Phi) is 5.90. The van der Waals surface area contributed by atoms with Crippen LogP contribution in [0.3, 0.4) is 0 Å². The molecule has 1 saturated heterocycles. The highest BCUT2D eigenvalue weighted by molar-refractivity contribution is 5.89. The van der Waals surface area contributed by atoms with E-state index in [1.54, 1.807) is 13.0 Å². The minimum atomic E-state index is -0.725. The number of amides is 2. The molecule has 0 radical (unpaired) electrons. The number of benzene rings is 1. The summed E-state index contributed by atoms with van der Waals surface area (Å²) in [5, 5.41) is 16.8. The summed E-state index contributed by atoms with van der Waals surface area (Å²) in [6, 6.07) is 13.0. The Morgan fingerprint density at radius 2 is 2.10 bits per heavy atom. The fraction of sp³-hybridized carbons (Fsp3) is 0.348. The van der Waals surface area contributed by atoms with Crippen molar-refractivity contribution in [3.05, 3.63) is 65.7 Å². The molecule has 162 valence electrons. The number of hydrogen-bond acceptors (Lipinski definition) is 5. The average molecular weight is 422 g/mol. The zero-order chi connectivity index (χ0) is 22.0. The SMILES string of the molecule is Cc1cc(CC(=O)N2CC(O)CC2C(=O)NCc2cccc(-c3cccn3C)c2)on1. The van der Waals surface area contributed by atoms with Crippen LogP contribution >= 0.6 is 0 Å². The maximum atomic E-state index is 12.8. The normalized spacial score (nSPS) is 18.4. The van der Waals surface area contributed by atoms with E-state index in [1.807, 2.05) is 54.2 Å². The zero-order valence-electron chi connectivity index (χ0n) is 17.6. The van der Waals surface area contributed by atoms with E-state index in [0.29, 0.717) is 18.0 Å². The van der Waals surface area contributed by atoms with Gasteiger partial charge in [-0.2, -0.15) is 0 Å². The summed E-state index contributed by atoms with van der Waals surface area (Å²) in [5.41, 5.74) is 3.80. The summed E-state index contributed by atoms with van der Waals surface area (Å²) in [6.45, 7) is 2.25. The number of nitrogens with one attached hydrogen (secondary N) is 1. The van der Waals surface area contributed by atoms with Gasteiger partial charge in [0.1, 0.15) is 11.8 Å². The van der Waals surface area contributed by atoms with Crippen molar-refractivity contribution in [1.82, 2.24) is 19.9 Å². The number of β-amino-alcohol motifs (C(OH)–C–C–N with tert-alkyl or cyclic N) is 1. The molecule has 4 rings (SSSR count). The number of rotatable bonds is 6. The fourth-order valence-electron chi connectivity index (χ4n) is 4.00. The molecule has 1 aliphatic rings. The second-order valence-electron chi connectivity index (χ2n) is 7.99. The molecule has 2 atom stereocenters. The molecule has 1 aliphatic heterocycles. The Labute approximate surface area is 180 Å². The lowest BCUT2D eigenvalue weighted by Gasteiger charge is -2.23. The summed E-state index contributed by atoms with van der Waals surface area (Å²) in [7, 11) is 1.99. The number of aliphatic hydroxyl groups is 1. The third-order valence-electron chi connectivity index (χ3n) is 5.54. The van der Waals surface area contributed by atoms with Gasteiger partial charge < -0.3 is 24.4 Å². The first kappa shape index (κ1) is 20.9. The number of likely N-dealkylation sites (tertiary alicyclic amines) is 1. The molecule has 8 nitrogen and oxygen atoms in total. The van der Waals surface area contributed by atoms with E-state index < -0.39 is 12.1 Å². The van der Waals surface area contributed by atoms with Crippen LogP contribution in [0, 0.1) is 6.92 Å². The van der Waals surface area contributed by atoms with Gasteiger partial charge in [0.2, 0.25) is 11.8 Å².